The van der Waals surface area contributed by atoms with E-state index in [1.165, 1.54) is 86.8 Å². The first-order chi connectivity index (χ1) is 48.9. The molecule has 0 spiro atoms. The van der Waals surface area contributed by atoms with Crippen LogP contribution >= 0.6 is 0 Å². The summed E-state index contributed by atoms with van der Waals surface area (Å²) in [5.74, 6) is -5.75. The molecular formula is C74H65N11O17. The molecule has 6 aromatic carbocycles. The predicted octanol–water partition coefficient (Wildman–Crippen LogP) is 9.44. The Hall–Kier alpha value is -13.7. The first-order valence-corrected chi connectivity index (χ1v) is 31.4. The Labute approximate surface area is 580 Å². The second-order valence-corrected chi connectivity index (χ2v) is 22.9. The van der Waals surface area contributed by atoms with E-state index in [1.807, 2.05) is 83.6 Å². The van der Waals surface area contributed by atoms with Gasteiger partial charge in [-0.1, -0.05) is 54.6 Å². The number of aliphatic imine (C=N–C) groups is 1. The van der Waals surface area contributed by atoms with Crippen molar-refractivity contribution in [2.24, 2.45) is 15.2 Å². The predicted molar refractivity (Wildman–Crippen MR) is 378 cm³/mol. The highest BCUT2D eigenvalue weighted by Gasteiger charge is 2.36. The fourth-order valence-electron chi connectivity index (χ4n) is 11.4. The number of rotatable bonds is 17. The summed E-state index contributed by atoms with van der Waals surface area (Å²) in [6.45, 7) is 8.49. The monoisotopic (exact) mass is 1380 g/mol. The van der Waals surface area contributed by atoms with Crippen LogP contribution in [0.25, 0.3) is 50.9 Å². The molecule has 9 aromatic rings. The molecule has 1 saturated heterocycles. The van der Waals surface area contributed by atoms with E-state index in [1.54, 1.807) is 86.6 Å². The number of carboxylic acids is 3. The number of aromatic nitrogens is 3. The Morgan fingerprint density at radius 1 is 0.520 bits per heavy atom. The number of para-hydroxylation sites is 3. The van der Waals surface area contributed by atoms with E-state index in [0.717, 1.165) is 48.3 Å². The number of aromatic carboxylic acids is 3. The second-order valence-electron chi connectivity index (χ2n) is 22.9. The number of carbonyl (C=O) groups excluding carboxylic acids is 8. The van der Waals surface area contributed by atoms with Gasteiger partial charge in [0.2, 0.25) is 5.91 Å². The summed E-state index contributed by atoms with van der Waals surface area (Å²) in [6, 6.07) is 37.8. The quantitative estimate of drug-likeness (QED) is 0.0245. The number of hydrogen-bond acceptors (Lipinski definition) is 17. The average Bonchev–Trinajstić information content (AvgIpc) is 1.63. The van der Waals surface area contributed by atoms with E-state index in [-0.39, 0.29) is 63.8 Å². The maximum absolute atomic E-state index is 13.4. The summed E-state index contributed by atoms with van der Waals surface area (Å²) in [5, 5.41) is 44.2. The van der Waals surface area contributed by atoms with Gasteiger partial charge in [-0.05, 0) is 137 Å². The zero-order chi connectivity index (χ0) is 73.4. The van der Waals surface area contributed by atoms with Crippen LogP contribution in [0.1, 0.15) is 101 Å². The molecule has 3 atom stereocenters. The third kappa shape index (κ3) is 14.5. The van der Waals surface area contributed by atoms with Gasteiger partial charge in [0.15, 0.2) is 18.0 Å². The fourth-order valence-corrected chi connectivity index (χ4v) is 11.4. The number of hydrazone groups is 2. The van der Waals surface area contributed by atoms with Crippen molar-refractivity contribution in [3.8, 4) is 0 Å². The van der Waals surface area contributed by atoms with Gasteiger partial charge in [-0.25, -0.2) is 33.8 Å². The lowest BCUT2D eigenvalue weighted by Crippen LogP contribution is -2.35. The number of nitrogens with one attached hydrogen (secondary N) is 2. The average molecular weight is 1380 g/mol. The lowest BCUT2D eigenvalue weighted by molar-refractivity contribution is -0.146. The molecule has 518 valence electrons. The van der Waals surface area contributed by atoms with Crippen LogP contribution in [0.2, 0.25) is 0 Å². The number of aldehydes is 1. The van der Waals surface area contributed by atoms with Crippen LogP contribution < -0.4 is 25.8 Å². The van der Waals surface area contributed by atoms with E-state index in [2.05, 4.69) is 25.9 Å². The summed E-state index contributed by atoms with van der Waals surface area (Å²) in [5.41, 5.74) is 9.26. The number of hydrazine groups is 1. The van der Waals surface area contributed by atoms with Gasteiger partial charge in [-0.2, -0.15) is 15.1 Å². The molecular weight excluding hydrogens is 1310 g/mol. The highest BCUT2D eigenvalue weighted by molar-refractivity contribution is 6.50. The molecule has 0 radical (unpaired) electrons. The van der Waals surface area contributed by atoms with Crippen LogP contribution in [-0.4, -0.2) is 140 Å². The maximum Gasteiger partial charge on any atom is 0.335 e. The molecule has 3 aliphatic rings. The number of esters is 3. The van der Waals surface area contributed by atoms with E-state index in [9.17, 15) is 52.7 Å². The number of fused-ring (bicyclic) bond motifs is 3. The molecule has 28 nitrogen and oxygen atoms in total. The molecule has 1 fully saturated rings. The van der Waals surface area contributed by atoms with Gasteiger partial charge in [0, 0.05) is 82.0 Å². The summed E-state index contributed by atoms with van der Waals surface area (Å²) in [6.07, 6.45) is 10.7. The number of benzene rings is 6. The van der Waals surface area contributed by atoms with E-state index in [0.29, 0.717) is 45.9 Å². The van der Waals surface area contributed by atoms with Crippen molar-refractivity contribution in [3.05, 3.63) is 214 Å². The molecule has 0 bridgehead atoms. The van der Waals surface area contributed by atoms with Crippen LogP contribution in [0.15, 0.2) is 196 Å². The van der Waals surface area contributed by atoms with Crippen LogP contribution in [0.4, 0.5) is 17.1 Å². The second kappa shape index (κ2) is 30.4. The maximum atomic E-state index is 13.4. The van der Waals surface area contributed by atoms with Crippen molar-refractivity contribution in [2.45, 2.75) is 52.7 Å². The third-order valence-electron chi connectivity index (χ3n) is 16.6. The molecule has 0 aliphatic carbocycles. The summed E-state index contributed by atoms with van der Waals surface area (Å²) >= 11 is 0. The van der Waals surface area contributed by atoms with Crippen molar-refractivity contribution in [1.82, 2.24) is 24.4 Å². The third-order valence-corrected chi connectivity index (χ3v) is 16.6. The van der Waals surface area contributed by atoms with E-state index in [4.69, 9.17) is 29.5 Å². The number of anilines is 3. The summed E-state index contributed by atoms with van der Waals surface area (Å²) in [7, 11) is 4.23. The van der Waals surface area contributed by atoms with Crippen molar-refractivity contribution in [1.29, 1.82) is 0 Å². The van der Waals surface area contributed by atoms with Gasteiger partial charge in [0.05, 0.1) is 71.3 Å². The Bertz CT molecular complexity index is 5010. The number of carbonyl (C=O) groups is 11. The normalized spacial score (nSPS) is 15.9. The largest absolute Gasteiger partial charge is 0.478 e. The van der Waals surface area contributed by atoms with Crippen molar-refractivity contribution in [2.75, 3.05) is 42.9 Å². The Kier molecular flexibility index (Phi) is 21.2. The molecule has 0 saturated carbocycles. The standard InChI is InChI=1S/C26H24N4O6.C24H22N4O5.C24H19N3O6/c1-4-36-26(35)15(2)29-14-18(20-7-5-6-8-22(20)29)13-21-23(27-16(3)31)28-30(24(21)32)19-11-9-17(10-12-19)25(33)34;1-14(24(32)33-3)27-13-16(18-6-4-5-7-20(18)27)12-19-21(25-2)26-28(22(19)29)17-10-8-15(9-11-17)23(30)31;1-14(24(32)33-2)26-12-16(18-5-3-4-6-21(18)26)11-19-20(13-28)25-27(22(19)29)17-9-7-15(8-10-17)23(30)31/h5-15H,4H2,1-3H3,(H,33,34)(H,27,28,31);4-14H,1-3H3,(H,25,26)(H,30,31);3-14H,1-2H3,(H,30,31). The molecule has 28 heteroatoms. The van der Waals surface area contributed by atoms with Gasteiger partial charge >= 0.3 is 35.8 Å². The smallest absolute Gasteiger partial charge is 0.335 e. The lowest BCUT2D eigenvalue weighted by Gasteiger charge is -2.15. The van der Waals surface area contributed by atoms with Crippen LogP contribution in [0.3, 0.4) is 0 Å². The van der Waals surface area contributed by atoms with Gasteiger partial charge in [-0.15, -0.1) is 5.10 Å². The number of carboxylic acid groups (broad SMARTS) is 3. The number of amidine groups is 2. The van der Waals surface area contributed by atoms with Crippen LogP contribution in [0, 0.1) is 0 Å². The number of ether oxygens (including phenoxy) is 3. The number of nitrogens with zero attached hydrogens (tertiary/aromatic N) is 9. The fraction of sp³-hybridized carbons (Fsp3) is 0.162. The Morgan fingerprint density at radius 2 is 0.892 bits per heavy atom. The summed E-state index contributed by atoms with van der Waals surface area (Å²) < 4.78 is 20.3. The van der Waals surface area contributed by atoms with Gasteiger partial charge in [0.1, 0.15) is 23.8 Å². The van der Waals surface area contributed by atoms with Crippen molar-refractivity contribution < 1.29 is 82.3 Å². The lowest BCUT2D eigenvalue weighted by atomic mass is 10.1. The van der Waals surface area contributed by atoms with Crippen LogP contribution in [-0.2, 0) is 52.6 Å². The van der Waals surface area contributed by atoms with E-state index < -0.39 is 59.7 Å². The molecule has 3 aliphatic heterocycles. The Balaban J connectivity index is 0.000000165. The van der Waals surface area contributed by atoms with E-state index >= 15 is 0 Å². The summed E-state index contributed by atoms with van der Waals surface area (Å²) in [4.78, 5) is 137. The number of methoxy groups -OCH3 is 2. The molecule has 3 aromatic heterocycles. The highest BCUT2D eigenvalue weighted by Crippen LogP contribution is 2.34. The van der Waals surface area contributed by atoms with Gasteiger partial charge in [0.25, 0.3) is 17.7 Å². The zero-order valence-corrected chi connectivity index (χ0v) is 55.9. The number of amides is 4. The molecule has 5 N–H and O–H groups in total. The van der Waals surface area contributed by atoms with Crippen LogP contribution in [0.5, 0.6) is 0 Å². The molecule has 12 rings (SSSR count). The molecule has 4 amide bonds. The highest BCUT2D eigenvalue weighted by atomic mass is 16.5. The minimum absolute atomic E-state index is 0.0554. The van der Waals surface area contributed by atoms with Crippen molar-refractivity contribution in [3.63, 3.8) is 0 Å². The van der Waals surface area contributed by atoms with Crippen molar-refractivity contribution >= 4 is 151 Å². The molecule has 3 unspecified atom stereocenters. The molecule has 6 heterocycles. The first-order valence-electron chi connectivity index (χ1n) is 31.4. The topological polar surface area (TPSA) is 362 Å². The molecule has 102 heavy (non-hydrogen) atoms. The number of hydrogen-bond donors (Lipinski definition) is 5. The van der Waals surface area contributed by atoms with Gasteiger partial charge in [-0.3, -0.25) is 34.4 Å². The minimum Gasteiger partial charge on any atom is -0.478 e. The first kappa shape index (κ1) is 71.1. The SMILES string of the molecule is CCOC(=O)C(C)n1cc(C=C2C(=O)N(c3ccc(C(=O)O)cc3)N=C2NC(C)=O)c2ccccc21.CN=C1NN(c2ccc(C(=O)O)cc2)C(=O)C1=Cc1cn(C(C)C(=O)OC)c2ccccc12.COC(=O)C(C)n1cc(C=C2C(=O)N(c3ccc(C(=O)O)cc3)N=C2C=O)c2ccccc21. The van der Waals surface area contributed by atoms with Gasteiger partial charge < -0.3 is 48.5 Å². The Morgan fingerprint density at radius 3 is 1.27 bits per heavy atom. The minimum atomic E-state index is -1.09. The zero-order valence-electron chi connectivity index (χ0n) is 55.9.